The van der Waals surface area contributed by atoms with Crippen molar-refractivity contribution in [2.45, 2.75) is 44.6 Å². The largest absolute Gasteiger partial charge is 0.497 e. The molecule has 0 aliphatic rings. The summed E-state index contributed by atoms with van der Waals surface area (Å²) >= 11 is 0. The molecule has 2 aromatic rings. The van der Waals surface area contributed by atoms with Gasteiger partial charge in [0.1, 0.15) is 5.75 Å². The highest BCUT2D eigenvalue weighted by Crippen LogP contribution is 2.19. The first-order valence-corrected chi connectivity index (χ1v) is 11.8. The van der Waals surface area contributed by atoms with E-state index in [2.05, 4.69) is 16.0 Å². The van der Waals surface area contributed by atoms with Gasteiger partial charge in [0, 0.05) is 25.0 Å². The third kappa shape index (κ3) is 11.3. The van der Waals surface area contributed by atoms with Crippen molar-refractivity contribution in [3.05, 3.63) is 65.7 Å². The molecule has 0 saturated heterocycles. The van der Waals surface area contributed by atoms with E-state index in [4.69, 9.17) is 14.9 Å². The lowest BCUT2D eigenvalue weighted by molar-refractivity contribution is -0.125. The Morgan fingerprint density at radius 3 is 2.03 bits per heavy atom. The zero-order valence-corrected chi connectivity index (χ0v) is 20.0. The van der Waals surface area contributed by atoms with Gasteiger partial charge < -0.3 is 30.9 Å². The molecular formula is C26H35N3O6. The minimum Gasteiger partial charge on any atom is -0.497 e. The van der Waals surface area contributed by atoms with Gasteiger partial charge in [0.15, 0.2) is 0 Å². The van der Waals surface area contributed by atoms with Crippen LogP contribution >= 0.6 is 0 Å². The molecule has 0 radical (unpaired) electrons. The molecule has 3 amide bonds. The maximum Gasteiger partial charge on any atom is 0.404 e. The Labute approximate surface area is 205 Å². The van der Waals surface area contributed by atoms with Crippen LogP contribution in [0.25, 0.3) is 0 Å². The maximum atomic E-state index is 13.1. The van der Waals surface area contributed by atoms with Gasteiger partial charge in [0.25, 0.3) is 0 Å². The average Bonchev–Trinajstić information content (AvgIpc) is 2.85. The first kappa shape index (κ1) is 27.5. The van der Waals surface area contributed by atoms with Crippen molar-refractivity contribution in [1.29, 1.82) is 0 Å². The minimum absolute atomic E-state index is 0.115. The van der Waals surface area contributed by atoms with Gasteiger partial charge in [-0.1, -0.05) is 42.5 Å². The second kappa shape index (κ2) is 15.2. The van der Waals surface area contributed by atoms with E-state index in [9.17, 15) is 14.4 Å². The summed E-state index contributed by atoms with van der Waals surface area (Å²) < 4.78 is 5.20. The highest BCUT2D eigenvalue weighted by molar-refractivity contribution is 5.78. The van der Waals surface area contributed by atoms with Gasteiger partial charge in [-0.15, -0.1) is 0 Å². The molecule has 5 N–H and O–H groups in total. The van der Waals surface area contributed by atoms with Crippen molar-refractivity contribution >= 4 is 18.1 Å². The third-order valence-electron chi connectivity index (χ3n) is 5.79. The number of amides is 3. The van der Waals surface area contributed by atoms with E-state index in [0.717, 1.165) is 29.7 Å². The summed E-state index contributed by atoms with van der Waals surface area (Å²) in [6.07, 6.45) is 1.36. The Kier molecular flexibility index (Phi) is 11.9. The number of ether oxygens (including phenoxy) is 1. The number of hydrogen-bond donors (Lipinski definition) is 5. The van der Waals surface area contributed by atoms with Crippen molar-refractivity contribution in [1.82, 2.24) is 16.0 Å². The van der Waals surface area contributed by atoms with Gasteiger partial charge >= 0.3 is 12.2 Å². The molecule has 2 rings (SSSR count). The molecular weight excluding hydrogens is 450 g/mol. The number of carbonyl (C=O) groups excluding carboxylic acids is 1. The van der Waals surface area contributed by atoms with Gasteiger partial charge in [-0.25, -0.2) is 9.59 Å². The molecule has 0 aliphatic carbocycles. The van der Waals surface area contributed by atoms with Gasteiger partial charge in [-0.05, 0) is 61.8 Å². The summed E-state index contributed by atoms with van der Waals surface area (Å²) in [5.74, 6) is 0.425. The lowest BCUT2D eigenvalue weighted by Gasteiger charge is -2.21. The smallest absolute Gasteiger partial charge is 0.404 e. The molecule has 0 saturated carbocycles. The van der Waals surface area contributed by atoms with E-state index in [1.165, 1.54) is 0 Å². The highest BCUT2D eigenvalue weighted by atomic mass is 16.5. The van der Waals surface area contributed by atoms with Gasteiger partial charge in [-0.2, -0.15) is 0 Å². The van der Waals surface area contributed by atoms with Crippen LogP contribution in [-0.4, -0.2) is 54.5 Å². The van der Waals surface area contributed by atoms with Crippen LogP contribution in [0.15, 0.2) is 54.6 Å². The Morgan fingerprint density at radius 2 is 1.46 bits per heavy atom. The predicted molar refractivity (Wildman–Crippen MR) is 133 cm³/mol. The van der Waals surface area contributed by atoms with Gasteiger partial charge in [0.2, 0.25) is 5.91 Å². The van der Waals surface area contributed by atoms with E-state index >= 15 is 0 Å². The molecule has 35 heavy (non-hydrogen) atoms. The van der Waals surface area contributed by atoms with Gasteiger partial charge in [-0.3, -0.25) is 4.79 Å². The predicted octanol–water partition coefficient (Wildman–Crippen LogP) is 3.68. The molecule has 9 heteroatoms. The topological polar surface area (TPSA) is 137 Å². The molecule has 190 valence electrons. The number of carbonyl (C=O) groups is 3. The molecule has 2 atom stereocenters. The number of methoxy groups -OCH3 is 1. The van der Waals surface area contributed by atoms with E-state index in [1.807, 2.05) is 54.6 Å². The van der Waals surface area contributed by atoms with Crippen LogP contribution in [0, 0.1) is 5.92 Å². The number of nitrogens with one attached hydrogen (secondary N) is 3. The van der Waals surface area contributed by atoms with E-state index < -0.39 is 18.2 Å². The van der Waals surface area contributed by atoms with Crippen LogP contribution in [0.2, 0.25) is 0 Å². The molecule has 2 aromatic carbocycles. The van der Waals surface area contributed by atoms with E-state index in [1.54, 1.807) is 7.11 Å². The summed E-state index contributed by atoms with van der Waals surface area (Å²) in [7, 11) is 1.62. The second-order valence-corrected chi connectivity index (χ2v) is 8.37. The summed E-state index contributed by atoms with van der Waals surface area (Å²) in [6.45, 7) is 0.352. The number of rotatable bonds is 15. The highest BCUT2D eigenvalue weighted by Gasteiger charge is 2.20. The van der Waals surface area contributed by atoms with Crippen molar-refractivity contribution in [2.75, 3.05) is 20.2 Å². The maximum absolute atomic E-state index is 13.1. The SMILES string of the molecule is COc1ccc(CCC(CCc2ccccc2)C(=O)NC[C@H](CCCNC(=O)O)NC(=O)O)cc1. The van der Waals surface area contributed by atoms with Crippen LogP contribution < -0.4 is 20.7 Å². The fraction of sp³-hybridized carbons (Fsp3) is 0.423. The summed E-state index contributed by atoms with van der Waals surface area (Å²) in [5, 5.41) is 25.4. The molecule has 0 spiro atoms. The second-order valence-electron chi connectivity index (χ2n) is 8.37. The van der Waals surface area contributed by atoms with Crippen molar-refractivity contribution < 1.29 is 29.3 Å². The Balaban J connectivity index is 1.96. The number of aryl methyl sites for hydroxylation is 2. The molecule has 0 heterocycles. The van der Waals surface area contributed by atoms with E-state index in [-0.39, 0.29) is 24.9 Å². The molecule has 1 unspecified atom stereocenters. The summed E-state index contributed by atoms with van der Waals surface area (Å²) in [5.41, 5.74) is 2.27. The monoisotopic (exact) mass is 485 g/mol. The van der Waals surface area contributed by atoms with Crippen LogP contribution in [0.5, 0.6) is 5.75 Å². The number of benzene rings is 2. The molecule has 0 bridgehead atoms. The molecule has 0 aliphatic heterocycles. The van der Waals surface area contributed by atoms with Crippen LogP contribution in [0.4, 0.5) is 9.59 Å². The van der Waals surface area contributed by atoms with Crippen molar-refractivity contribution in [3.8, 4) is 5.75 Å². The van der Waals surface area contributed by atoms with Crippen LogP contribution in [-0.2, 0) is 17.6 Å². The zero-order chi connectivity index (χ0) is 25.5. The Morgan fingerprint density at radius 1 is 0.829 bits per heavy atom. The quantitative estimate of drug-likeness (QED) is 0.244. The lowest BCUT2D eigenvalue weighted by atomic mass is 9.92. The summed E-state index contributed by atoms with van der Waals surface area (Å²) in [4.78, 5) is 34.8. The van der Waals surface area contributed by atoms with Gasteiger partial charge in [0.05, 0.1) is 7.11 Å². The van der Waals surface area contributed by atoms with Crippen LogP contribution in [0.3, 0.4) is 0 Å². The molecule has 0 aromatic heterocycles. The Bertz CT molecular complexity index is 920. The minimum atomic E-state index is -1.18. The fourth-order valence-corrected chi connectivity index (χ4v) is 3.84. The first-order chi connectivity index (χ1) is 16.9. The number of hydrogen-bond acceptors (Lipinski definition) is 4. The molecule has 0 fully saturated rings. The molecule has 9 nitrogen and oxygen atoms in total. The normalized spacial score (nSPS) is 12.3. The first-order valence-electron chi connectivity index (χ1n) is 11.8. The van der Waals surface area contributed by atoms with Crippen molar-refractivity contribution in [3.63, 3.8) is 0 Å². The van der Waals surface area contributed by atoms with Crippen LogP contribution in [0.1, 0.15) is 36.8 Å². The standard InChI is InChI=1S/C26H35N3O6/c1-35-23-15-11-20(12-16-23)10-14-21(13-9-19-6-3-2-4-7-19)24(30)28-18-22(29-26(33)34)8-5-17-27-25(31)32/h2-4,6-7,11-12,15-16,21-22,27,29H,5,8-10,13-14,17-18H2,1H3,(H,28,30)(H,31,32)(H,33,34)/t21?,22-/m0/s1. The number of carboxylic acid groups (broad SMARTS) is 2. The fourth-order valence-electron chi connectivity index (χ4n) is 3.84. The summed E-state index contributed by atoms with van der Waals surface area (Å²) in [6, 6.07) is 17.2. The Hall–Kier alpha value is -3.75. The lowest BCUT2D eigenvalue weighted by Crippen LogP contribution is -2.45. The van der Waals surface area contributed by atoms with Crippen molar-refractivity contribution in [2.24, 2.45) is 5.92 Å². The third-order valence-corrected chi connectivity index (χ3v) is 5.79. The zero-order valence-electron chi connectivity index (χ0n) is 20.0. The average molecular weight is 486 g/mol. The van der Waals surface area contributed by atoms with E-state index in [0.29, 0.717) is 25.7 Å².